The molecule has 4 nitrogen and oxygen atoms in total. The van der Waals surface area contributed by atoms with Gasteiger partial charge in [-0.25, -0.2) is 0 Å². The van der Waals surface area contributed by atoms with Crippen LogP contribution in [-0.2, 0) is 4.79 Å². The van der Waals surface area contributed by atoms with Crippen molar-refractivity contribution in [3.63, 3.8) is 0 Å². The Balaban J connectivity index is 1.55. The molecular formula is C14H25N3O. The average Bonchev–Trinajstić information content (AvgIpc) is 2.38. The third kappa shape index (κ3) is 2.54. The van der Waals surface area contributed by atoms with Gasteiger partial charge in [0.25, 0.3) is 0 Å². The standard InChI is InChI=1S/C14H25N3O/c18-14(12-3-1-4-12)17-8-2-5-13(11-17)16-9-6-15-7-10-16/h12-13,15H,1-11H2. The second kappa shape index (κ2) is 5.57. The van der Waals surface area contributed by atoms with Gasteiger partial charge in [-0.05, 0) is 25.7 Å². The van der Waals surface area contributed by atoms with Crippen molar-refractivity contribution in [1.29, 1.82) is 0 Å². The zero-order valence-corrected chi connectivity index (χ0v) is 11.2. The van der Waals surface area contributed by atoms with E-state index in [1.165, 1.54) is 19.3 Å². The normalized spacial score (nSPS) is 31.1. The number of hydrogen-bond donors (Lipinski definition) is 1. The lowest BCUT2D eigenvalue weighted by Gasteiger charge is -2.42. The minimum atomic E-state index is 0.367. The summed E-state index contributed by atoms with van der Waals surface area (Å²) in [6.45, 7) is 6.49. The minimum Gasteiger partial charge on any atom is -0.341 e. The van der Waals surface area contributed by atoms with Crippen LogP contribution in [-0.4, -0.2) is 61.0 Å². The Labute approximate surface area is 110 Å². The zero-order chi connectivity index (χ0) is 12.4. The molecule has 1 amide bonds. The number of nitrogens with zero attached hydrogens (tertiary/aromatic N) is 2. The van der Waals surface area contributed by atoms with E-state index in [2.05, 4.69) is 15.1 Å². The molecule has 1 aliphatic carbocycles. The van der Waals surface area contributed by atoms with E-state index in [0.29, 0.717) is 17.9 Å². The molecule has 3 aliphatic rings. The zero-order valence-electron chi connectivity index (χ0n) is 11.2. The molecule has 1 unspecified atom stereocenters. The SMILES string of the molecule is O=C(C1CCC1)N1CCCC(N2CCNCC2)C1. The molecule has 0 aromatic carbocycles. The lowest BCUT2D eigenvalue weighted by atomic mass is 9.84. The third-order valence-electron chi connectivity index (χ3n) is 4.83. The van der Waals surface area contributed by atoms with Crippen molar-refractivity contribution in [1.82, 2.24) is 15.1 Å². The Hall–Kier alpha value is -0.610. The van der Waals surface area contributed by atoms with Gasteiger partial charge in [0, 0.05) is 51.2 Å². The summed E-state index contributed by atoms with van der Waals surface area (Å²) in [7, 11) is 0. The number of piperazine rings is 1. The summed E-state index contributed by atoms with van der Waals surface area (Å²) in [4.78, 5) is 17.0. The number of rotatable bonds is 2. The van der Waals surface area contributed by atoms with E-state index >= 15 is 0 Å². The lowest BCUT2D eigenvalue weighted by Crippen LogP contribution is -2.55. The van der Waals surface area contributed by atoms with Gasteiger partial charge in [0.15, 0.2) is 0 Å². The number of amides is 1. The van der Waals surface area contributed by atoms with Crippen molar-refractivity contribution < 1.29 is 4.79 Å². The molecule has 102 valence electrons. The fourth-order valence-corrected chi connectivity index (χ4v) is 3.41. The van der Waals surface area contributed by atoms with E-state index in [0.717, 1.165) is 52.1 Å². The first-order chi connectivity index (χ1) is 8.84. The Bertz CT molecular complexity index is 297. The molecule has 0 radical (unpaired) electrons. The van der Waals surface area contributed by atoms with Crippen LogP contribution in [0.15, 0.2) is 0 Å². The van der Waals surface area contributed by atoms with Gasteiger partial charge in [-0.2, -0.15) is 0 Å². The summed E-state index contributed by atoms with van der Waals surface area (Å²) in [6, 6.07) is 0.616. The minimum absolute atomic E-state index is 0.367. The summed E-state index contributed by atoms with van der Waals surface area (Å²) in [5.41, 5.74) is 0. The predicted octanol–water partition coefficient (Wildman–Crippen LogP) is 0.683. The summed E-state index contributed by atoms with van der Waals surface area (Å²) >= 11 is 0. The summed E-state index contributed by atoms with van der Waals surface area (Å²) in [5.74, 6) is 0.813. The Morgan fingerprint density at radius 3 is 2.44 bits per heavy atom. The molecule has 2 aliphatic heterocycles. The van der Waals surface area contributed by atoms with E-state index < -0.39 is 0 Å². The highest BCUT2D eigenvalue weighted by Gasteiger charge is 2.33. The maximum Gasteiger partial charge on any atom is 0.225 e. The van der Waals surface area contributed by atoms with E-state index in [9.17, 15) is 4.79 Å². The molecule has 0 bridgehead atoms. The van der Waals surface area contributed by atoms with Crippen LogP contribution in [0.1, 0.15) is 32.1 Å². The maximum atomic E-state index is 12.3. The molecule has 18 heavy (non-hydrogen) atoms. The van der Waals surface area contributed by atoms with E-state index in [1.807, 2.05) is 0 Å². The van der Waals surface area contributed by atoms with Gasteiger partial charge < -0.3 is 10.2 Å². The number of likely N-dealkylation sites (tertiary alicyclic amines) is 1. The van der Waals surface area contributed by atoms with Gasteiger partial charge in [-0.3, -0.25) is 9.69 Å². The van der Waals surface area contributed by atoms with Crippen molar-refractivity contribution in [3.8, 4) is 0 Å². The molecule has 0 aromatic heterocycles. The summed E-state index contributed by atoms with van der Waals surface area (Å²) in [5, 5.41) is 3.40. The van der Waals surface area contributed by atoms with E-state index in [4.69, 9.17) is 0 Å². The smallest absolute Gasteiger partial charge is 0.225 e. The lowest BCUT2D eigenvalue weighted by molar-refractivity contribution is -0.140. The molecule has 1 saturated carbocycles. The van der Waals surface area contributed by atoms with Gasteiger partial charge in [-0.15, -0.1) is 0 Å². The highest BCUT2D eigenvalue weighted by atomic mass is 16.2. The topological polar surface area (TPSA) is 35.6 Å². The molecular weight excluding hydrogens is 226 g/mol. The van der Waals surface area contributed by atoms with E-state index in [-0.39, 0.29) is 0 Å². The fraction of sp³-hybridized carbons (Fsp3) is 0.929. The summed E-state index contributed by atoms with van der Waals surface area (Å²) < 4.78 is 0. The predicted molar refractivity (Wildman–Crippen MR) is 71.4 cm³/mol. The monoisotopic (exact) mass is 251 g/mol. The quantitative estimate of drug-likeness (QED) is 0.784. The maximum absolute atomic E-state index is 12.3. The van der Waals surface area contributed by atoms with Crippen molar-refractivity contribution in [2.45, 2.75) is 38.1 Å². The fourth-order valence-electron chi connectivity index (χ4n) is 3.41. The molecule has 2 saturated heterocycles. The molecule has 4 heteroatoms. The van der Waals surface area contributed by atoms with Gasteiger partial charge in [-0.1, -0.05) is 6.42 Å². The molecule has 3 fully saturated rings. The van der Waals surface area contributed by atoms with Crippen LogP contribution in [0.4, 0.5) is 0 Å². The molecule has 0 spiro atoms. The van der Waals surface area contributed by atoms with Crippen LogP contribution in [0, 0.1) is 5.92 Å². The van der Waals surface area contributed by atoms with Crippen molar-refractivity contribution in [2.24, 2.45) is 5.92 Å². The van der Waals surface area contributed by atoms with Gasteiger partial charge in [0.2, 0.25) is 5.91 Å². The van der Waals surface area contributed by atoms with Crippen LogP contribution in [0.5, 0.6) is 0 Å². The molecule has 1 atom stereocenters. The second-order valence-corrected chi connectivity index (χ2v) is 5.99. The Morgan fingerprint density at radius 1 is 1.00 bits per heavy atom. The first-order valence-corrected chi connectivity index (χ1v) is 7.58. The molecule has 2 heterocycles. The Morgan fingerprint density at radius 2 is 1.78 bits per heavy atom. The number of hydrogen-bond acceptors (Lipinski definition) is 3. The number of carbonyl (C=O) groups excluding carboxylic acids is 1. The second-order valence-electron chi connectivity index (χ2n) is 5.99. The third-order valence-corrected chi connectivity index (χ3v) is 4.83. The van der Waals surface area contributed by atoms with Gasteiger partial charge >= 0.3 is 0 Å². The highest BCUT2D eigenvalue weighted by Crippen LogP contribution is 2.29. The molecule has 1 N–H and O–H groups in total. The van der Waals surface area contributed by atoms with Crippen molar-refractivity contribution in [3.05, 3.63) is 0 Å². The first-order valence-electron chi connectivity index (χ1n) is 7.58. The van der Waals surface area contributed by atoms with Crippen LogP contribution < -0.4 is 5.32 Å². The first kappa shape index (κ1) is 12.4. The van der Waals surface area contributed by atoms with Crippen LogP contribution in [0.25, 0.3) is 0 Å². The molecule has 0 aromatic rings. The number of carbonyl (C=O) groups is 1. The highest BCUT2D eigenvalue weighted by molar-refractivity contribution is 5.79. The summed E-state index contributed by atoms with van der Waals surface area (Å²) in [6.07, 6.45) is 5.98. The van der Waals surface area contributed by atoms with Gasteiger partial charge in [0.1, 0.15) is 0 Å². The van der Waals surface area contributed by atoms with Crippen LogP contribution in [0.3, 0.4) is 0 Å². The Kier molecular flexibility index (Phi) is 3.85. The van der Waals surface area contributed by atoms with Crippen LogP contribution in [0.2, 0.25) is 0 Å². The number of piperidine rings is 1. The van der Waals surface area contributed by atoms with Gasteiger partial charge in [0.05, 0.1) is 0 Å². The van der Waals surface area contributed by atoms with E-state index in [1.54, 1.807) is 0 Å². The van der Waals surface area contributed by atoms with Crippen molar-refractivity contribution >= 4 is 5.91 Å². The average molecular weight is 251 g/mol. The number of nitrogens with one attached hydrogen (secondary N) is 1. The largest absolute Gasteiger partial charge is 0.341 e. The van der Waals surface area contributed by atoms with Crippen LogP contribution >= 0.6 is 0 Å². The molecule has 3 rings (SSSR count). The van der Waals surface area contributed by atoms with Crippen molar-refractivity contribution in [2.75, 3.05) is 39.3 Å².